The molecule has 0 bridgehead atoms. The molecular formula is C16H13N3. The van der Waals surface area contributed by atoms with Gasteiger partial charge in [0.2, 0.25) is 0 Å². The van der Waals surface area contributed by atoms with Gasteiger partial charge in [0, 0.05) is 18.1 Å². The van der Waals surface area contributed by atoms with Crippen molar-refractivity contribution in [1.82, 2.24) is 9.97 Å². The van der Waals surface area contributed by atoms with E-state index in [1.54, 1.807) is 12.4 Å². The van der Waals surface area contributed by atoms with Crippen molar-refractivity contribution < 1.29 is 0 Å². The van der Waals surface area contributed by atoms with Crippen LogP contribution >= 0.6 is 0 Å². The molecule has 0 saturated carbocycles. The van der Waals surface area contributed by atoms with E-state index >= 15 is 0 Å². The van der Waals surface area contributed by atoms with E-state index in [1.165, 1.54) is 0 Å². The van der Waals surface area contributed by atoms with Crippen LogP contribution in [0.2, 0.25) is 0 Å². The lowest BCUT2D eigenvalue weighted by Crippen LogP contribution is -2.12. The Morgan fingerprint density at radius 1 is 0.579 bits per heavy atom. The molecule has 0 fully saturated rings. The molecule has 3 heteroatoms. The maximum Gasteiger partial charge on any atom is 0.138 e. The summed E-state index contributed by atoms with van der Waals surface area (Å²) in [5.41, 5.74) is 1.04. The van der Waals surface area contributed by atoms with Crippen LogP contribution in [0, 0.1) is 0 Å². The summed E-state index contributed by atoms with van der Waals surface area (Å²) in [6.45, 7) is 0. The highest BCUT2D eigenvalue weighted by Gasteiger charge is 2.12. The molecule has 2 heterocycles. The van der Waals surface area contributed by atoms with Gasteiger partial charge in [0.05, 0.1) is 0 Å². The molecule has 0 atom stereocenters. The van der Waals surface area contributed by atoms with Crippen LogP contribution in [-0.2, 0) is 0 Å². The average molecular weight is 247 g/mol. The van der Waals surface area contributed by atoms with Crippen molar-refractivity contribution >= 4 is 17.3 Å². The SMILES string of the molecule is c1ccc(N(c2ccccn2)c2ccccn2)cc1. The van der Waals surface area contributed by atoms with Crippen molar-refractivity contribution in [2.45, 2.75) is 0 Å². The fourth-order valence-electron chi connectivity index (χ4n) is 1.93. The van der Waals surface area contributed by atoms with E-state index < -0.39 is 0 Å². The Balaban J connectivity index is 2.12. The average Bonchev–Trinajstić information content (AvgIpc) is 2.51. The molecule has 0 unspecified atom stereocenters. The molecule has 0 aliphatic carbocycles. The first-order valence-corrected chi connectivity index (χ1v) is 6.12. The zero-order valence-corrected chi connectivity index (χ0v) is 10.3. The van der Waals surface area contributed by atoms with Crippen molar-refractivity contribution in [2.24, 2.45) is 0 Å². The van der Waals surface area contributed by atoms with E-state index in [2.05, 4.69) is 9.97 Å². The Labute approximate surface area is 112 Å². The summed E-state index contributed by atoms with van der Waals surface area (Å²) < 4.78 is 0. The molecule has 0 aliphatic rings. The number of hydrogen-bond acceptors (Lipinski definition) is 3. The lowest BCUT2D eigenvalue weighted by molar-refractivity contribution is 1.12. The third-order valence-corrected chi connectivity index (χ3v) is 2.77. The van der Waals surface area contributed by atoms with Crippen LogP contribution in [-0.4, -0.2) is 9.97 Å². The van der Waals surface area contributed by atoms with Gasteiger partial charge in [-0.2, -0.15) is 0 Å². The Morgan fingerprint density at radius 3 is 1.58 bits per heavy atom. The second kappa shape index (κ2) is 5.31. The van der Waals surface area contributed by atoms with E-state index in [9.17, 15) is 0 Å². The standard InChI is InChI=1S/C16H13N3/c1-2-8-14(9-3-1)19(15-10-4-6-12-17-15)16-11-5-7-13-18-16/h1-13H. The number of para-hydroxylation sites is 1. The zero-order valence-electron chi connectivity index (χ0n) is 10.3. The lowest BCUT2D eigenvalue weighted by atomic mass is 10.2. The number of hydrogen-bond donors (Lipinski definition) is 0. The van der Waals surface area contributed by atoms with Crippen LogP contribution in [0.15, 0.2) is 79.1 Å². The second-order valence-corrected chi connectivity index (χ2v) is 4.05. The van der Waals surface area contributed by atoms with Gasteiger partial charge in [-0.25, -0.2) is 9.97 Å². The topological polar surface area (TPSA) is 29.0 Å². The highest BCUT2D eigenvalue weighted by Crippen LogP contribution is 2.30. The molecule has 92 valence electrons. The Morgan fingerprint density at radius 2 is 1.11 bits per heavy atom. The molecule has 3 aromatic rings. The minimum Gasteiger partial charge on any atom is -0.279 e. The van der Waals surface area contributed by atoms with Crippen LogP contribution in [0.25, 0.3) is 0 Å². The van der Waals surface area contributed by atoms with E-state index in [-0.39, 0.29) is 0 Å². The van der Waals surface area contributed by atoms with Crippen molar-refractivity contribution in [3.63, 3.8) is 0 Å². The van der Waals surface area contributed by atoms with Gasteiger partial charge in [-0.15, -0.1) is 0 Å². The molecule has 0 aliphatic heterocycles. The molecule has 3 nitrogen and oxygen atoms in total. The Kier molecular flexibility index (Phi) is 3.19. The van der Waals surface area contributed by atoms with Gasteiger partial charge < -0.3 is 0 Å². The number of rotatable bonds is 3. The van der Waals surface area contributed by atoms with Crippen LogP contribution in [0.3, 0.4) is 0 Å². The maximum absolute atomic E-state index is 4.42. The van der Waals surface area contributed by atoms with Crippen LogP contribution in [0.1, 0.15) is 0 Å². The van der Waals surface area contributed by atoms with E-state index in [4.69, 9.17) is 0 Å². The third-order valence-electron chi connectivity index (χ3n) is 2.77. The summed E-state index contributed by atoms with van der Waals surface area (Å²) in [5, 5.41) is 0. The van der Waals surface area contributed by atoms with Gasteiger partial charge in [0.25, 0.3) is 0 Å². The minimum absolute atomic E-state index is 0.854. The molecule has 3 rings (SSSR count). The van der Waals surface area contributed by atoms with Crippen LogP contribution < -0.4 is 4.90 Å². The second-order valence-electron chi connectivity index (χ2n) is 4.05. The molecule has 0 radical (unpaired) electrons. The first-order chi connectivity index (χ1) is 9.45. The molecule has 1 aromatic carbocycles. The first-order valence-electron chi connectivity index (χ1n) is 6.12. The Hall–Kier alpha value is -2.68. The predicted octanol–water partition coefficient (Wildman–Crippen LogP) is 3.95. The van der Waals surface area contributed by atoms with Gasteiger partial charge in [-0.05, 0) is 36.4 Å². The lowest BCUT2D eigenvalue weighted by Gasteiger charge is -2.22. The highest BCUT2D eigenvalue weighted by molar-refractivity contribution is 5.71. The molecule has 0 N–H and O–H groups in total. The molecule has 0 saturated heterocycles. The summed E-state index contributed by atoms with van der Waals surface area (Å²) in [4.78, 5) is 10.9. The molecule has 0 spiro atoms. The first kappa shape index (κ1) is 11.4. The number of nitrogens with zero attached hydrogens (tertiary/aromatic N) is 3. The zero-order chi connectivity index (χ0) is 12.9. The third kappa shape index (κ3) is 2.45. The fraction of sp³-hybridized carbons (Fsp3) is 0. The monoisotopic (exact) mass is 247 g/mol. The Bertz CT molecular complexity index is 530. The summed E-state index contributed by atoms with van der Waals surface area (Å²) in [6, 6.07) is 21.8. The molecular weight excluding hydrogens is 234 g/mol. The number of pyridine rings is 2. The van der Waals surface area contributed by atoms with E-state index in [1.807, 2.05) is 71.6 Å². The summed E-state index contributed by atoms with van der Waals surface area (Å²) >= 11 is 0. The number of aromatic nitrogens is 2. The van der Waals surface area contributed by atoms with E-state index in [0.29, 0.717) is 0 Å². The quantitative estimate of drug-likeness (QED) is 0.701. The van der Waals surface area contributed by atoms with Crippen molar-refractivity contribution in [3.8, 4) is 0 Å². The molecule has 19 heavy (non-hydrogen) atoms. The van der Waals surface area contributed by atoms with Gasteiger partial charge in [-0.1, -0.05) is 30.3 Å². The van der Waals surface area contributed by atoms with Gasteiger partial charge in [-0.3, -0.25) is 4.90 Å². The van der Waals surface area contributed by atoms with Crippen molar-refractivity contribution in [3.05, 3.63) is 79.1 Å². The largest absolute Gasteiger partial charge is 0.279 e. The summed E-state index contributed by atoms with van der Waals surface area (Å²) in [6.07, 6.45) is 3.57. The fourth-order valence-corrected chi connectivity index (χ4v) is 1.93. The maximum atomic E-state index is 4.42. The van der Waals surface area contributed by atoms with Gasteiger partial charge in [0.1, 0.15) is 11.6 Å². The van der Waals surface area contributed by atoms with E-state index in [0.717, 1.165) is 17.3 Å². The molecule has 2 aromatic heterocycles. The number of benzene rings is 1. The van der Waals surface area contributed by atoms with Crippen LogP contribution in [0.4, 0.5) is 17.3 Å². The van der Waals surface area contributed by atoms with Gasteiger partial charge >= 0.3 is 0 Å². The normalized spacial score (nSPS) is 10.1. The highest BCUT2D eigenvalue weighted by atomic mass is 15.2. The van der Waals surface area contributed by atoms with Crippen molar-refractivity contribution in [2.75, 3.05) is 4.90 Å². The number of anilines is 3. The van der Waals surface area contributed by atoms with Crippen LogP contribution in [0.5, 0.6) is 0 Å². The van der Waals surface area contributed by atoms with Gasteiger partial charge in [0.15, 0.2) is 0 Å². The molecule has 0 amide bonds. The minimum atomic E-state index is 0.854. The smallest absolute Gasteiger partial charge is 0.138 e. The summed E-state index contributed by atoms with van der Waals surface area (Å²) in [5.74, 6) is 1.71. The van der Waals surface area contributed by atoms with Crippen molar-refractivity contribution in [1.29, 1.82) is 0 Å². The summed E-state index contributed by atoms with van der Waals surface area (Å²) in [7, 11) is 0. The predicted molar refractivity (Wildman–Crippen MR) is 76.7 cm³/mol.